The van der Waals surface area contributed by atoms with Crippen molar-refractivity contribution in [3.05, 3.63) is 29.8 Å². The van der Waals surface area contributed by atoms with Gasteiger partial charge in [-0.3, -0.25) is 4.79 Å². The third-order valence-corrected chi connectivity index (χ3v) is 3.00. The number of ether oxygens (including phenoxy) is 1. The zero-order valence-electron chi connectivity index (χ0n) is 10.4. The molecule has 17 heavy (non-hydrogen) atoms. The smallest absolute Gasteiger partial charge is 0.223 e. The van der Waals surface area contributed by atoms with E-state index < -0.39 is 0 Å². The molecule has 1 aromatic rings. The molecule has 1 aliphatic rings. The molecule has 0 radical (unpaired) electrons. The van der Waals surface area contributed by atoms with Crippen molar-refractivity contribution in [2.45, 2.75) is 32.7 Å². The lowest BCUT2D eigenvalue weighted by molar-refractivity contribution is -0.122. The summed E-state index contributed by atoms with van der Waals surface area (Å²) in [7, 11) is 0. The molecule has 3 heteroatoms. The summed E-state index contributed by atoms with van der Waals surface area (Å²) in [5.41, 5.74) is 1.11. The normalized spacial score (nSPS) is 16.4. The van der Waals surface area contributed by atoms with Gasteiger partial charge >= 0.3 is 0 Å². The van der Waals surface area contributed by atoms with Gasteiger partial charge in [0.05, 0.1) is 12.6 Å². The number of hydrogen-bond donors (Lipinski definition) is 1. The van der Waals surface area contributed by atoms with Gasteiger partial charge in [-0.05, 0) is 44.4 Å². The van der Waals surface area contributed by atoms with Crippen molar-refractivity contribution in [1.29, 1.82) is 0 Å². The molecule has 2 rings (SSSR count). The van der Waals surface area contributed by atoms with Crippen molar-refractivity contribution >= 4 is 5.91 Å². The van der Waals surface area contributed by atoms with Crippen molar-refractivity contribution < 1.29 is 9.53 Å². The van der Waals surface area contributed by atoms with E-state index in [-0.39, 0.29) is 17.9 Å². The Hall–Kier alpha value is -1.51. The molecule has 1 amide bonds. The number of hydrogen-bond acceptors (Lipinski definition) is 2. The maximum absolute atomic E-state index is 11.6. The molecular formula is C14H19NO2. The van der Waals surface area contributed by atoms with Crippen LogP contribution >= 0.6 is 0 Å². The Morgan fingerprint density at radius 1 is 1.41 bits per heavy atom. The molecule has 0 heterocycles. The minimum atomic E-state index is 0.0683. The van der Waals surface area contributed by atoms with Gasteiger partial charge in [0.2, 0.25) is 5.91 Å². The van der Waals surface area contributed by atoms with E-state index in [0.29, 0.717) is 6.61 Å². The van der Waals surface area contributed by atoms with E-state index in [0.717, 1.165) is 24.2 Å². The van der Waals surface area contributed by atoms with Gasteiger partial charge in [0, 0.05) is 5.92 Å². The Kier molecular flexibility index (Phi) is 3.67. The molecule has 1 aliphatic carbocycles. The van der Waals surface area contributed by atoms with Gasteiger partial charge in [-0.1, -0.05) is 12.1 Å². The van der Waals surface area contributed by atoms with E-state index in [2.05, 4.69) is 5.32 Å². The fourth-order valence-corrected chi connectivity index (χ4v) is 1.78. The Bertz CT molecular complexity index is 382. The maximum Gasteiger partial charge on any atom is 0.223 e. The number of benzene rings is 1. The van der Waals surface area contributed by atoms with E-state index in [1.807, 2.05) is 38.1 Å². The largest absolute Gasteiger partial charge is 0.494 e. The molecule has 1 N–H and O–H groups in total. The van der Waals surface area contributed by atoms with Gasteiger partial charge in [-0.25, -0.2) is 0 Å². The molecule has 3 nitrogen and oxygen atoms in total. The molecule has 0 saturated heterocycles. The van der Waals surface area contributed by atoms with Gasteiger partial charge in [0.15, 0.2) is 0 Å². The fraction of sp³-hybridized carbons (Fsp3) is 0.500. The highest BCUT2D eigenvalue weighted by Gasteiger charge is 2.30. The van der Waals surface area contributed by atoms with Crippen molar-refractivity contribution in [3.63, 3.8) is 0 Å². The number of rotatable bonds is 5. The lowest BCUT2D eigenvalue weighted by atomic mass is 10.1. The first kappa shape index (κ1) is 12.0. The quantitative estimate of drug-likeness (QED) is 0.849. The standard InChI is InChI=1S/C14H19NO2/c1-3-17-13-8-6-11(7-9-13)10(2)15-14(16)12-4-5-12/h6-10,12H,3-5H2,1-2H3,(H,15,16)/t10-/m0/s1. The van der Waals surface area contributed by atoms with Crippen LogP contribution in [0.25, 0.3) is 0 Å². The van der Waals surface area contributed by atoms with Crippen LogP contribution in [0.15, 0.2) is 24.3 Å². The molecule has 1 atom stereocenters. The van der Waals surface area contributed by atoms with Gasteiger partial charge in [-0.15, -0.1) is 0 Å². The molecule has 0 bridgehead atoms. The highest BCUT2D eigenvalue weighted by molar-refractivity contribution is 5.81. The molecule has 0 aliphatic heterocycles. The first-order chi connectivity index (χ1) is 8.20. The van der Waals surface area contributed by atoms with Crippen LogP contribution < -0.4 is 10.1 Å². The third kappa shape index (κ3) is 3.22. The zero-order valence-corrected chi connectivity index (χ0v) is 10.4. The molecule has 1 aromatic carbocycles. The Morgan fingerprint density at radius 3 is 2.59 bits per heavy atom. The number of amides is 1. The Labute approximate surface area is 102 Å². The van der Waals surface area contributed by atoms with Crippen LogP contribution in [0.5, 0.6) is 5.75 Å². The highest BCUT2D eigenvalue weighted by atomic mass is 16.5. The van der Waals surface area contributed by atoms with E-state index in [4.69, 9.17) is 4.74 Å². The summed E-state index contributed by atoms with van der Waals surface area (Å²) in [5.74, 6) is 1.32. The van der Waals surface area contributed by atoms with Crippen molar-refractivity contribution in [2.75, 3.05) is 6.61 Å². The van der Waals surface area contributed by atoms with Crippen LogP contribution in [0, 0.1) is 5.92 Å². The van der Waals surface area contributed by atoms with E-state index in [9.17, 15) is 4.79 Å². The second-order valence-corrected chi connectivity index (χ2v) is 4.51. The van der Waals surface area contributed by atoms with Gasteiger partial charge < -0.3 is 10.1 Å². The Balaban J connectivity index is 1.93. The van der Waals surface area contributed by atoms with Crippen molar-refractivity contribution in [2.24, 2.45) is 5.92 Å². The summed E-state index contributed by atoms with van der Waals surface area (Å²) >= 11 is 0. The molecule has 0 aromatic heterocycles. The number of carbonyl (C=O) groups excluding carboxylic acids is 1. The summed E-state index contributed by atoms with van der Waals surface area (Å²) < 4.78 is 5.38. The summed E-state index contributed by atoms with van der Waals surface area (Å²) in [6, 6.07) is 7.96. The first-order valence-corrected chi connectivity index (χ1v) is 6.24. The minimum Gasteiger partial charge on any atom is -0.494 e. The third-order valence-electron chi connectivity index (χ3n) is 3.00. The lowest BCUT2D eigenvalue weighted by Crippen LogP contribution is -2.27. The van der Waals surface area contributed by atoms with E-state index in [1.165, 1.54) is 0 Å². The maximum atomic E-state index is 11.6. The number of nitrogens with one attached hydrogen (secondary N) is 1. The zero-order chi connectivity index (χ0) is 12.3. The van der Waals surface area contributed by atoms with Crippen molar-refractivity contribution in [1.82, 2.24) is 5.32 Å². The average Bonchev–Trinajstić information content (AvgIpc) is 3.14. The SMILES string of the molecule is CCOc1ccc([C@H](C)NC(=O)C2CC2)cc1. The Morgan fingerprint density at radius 2 is 2.06 bits per heavy atom. The number of carbonyl (C=O) groups is 1. The average molecular weight is 233 g/mol. The van der Waals surface area contributed by atoms with Gasteiger partial charge in [-0.2, -0.15) is 0 Å². The molecule has 92 valence electrons. The highest BCUT2D eigenvalue weighted by Crippen LogP contribution is 2.29. The van der Waals surface area contributed by atoms with Crippen LogP contribution in [0.3, 0.4) is 0 Å². The fourth-order valence-electron chi connectivity index (χ4n) is 1.78. The summed E-state index contributed by atoms with van der Waals surface area (Å²) in [6.45, 7) is 4.65. The van der Waals surface area contributed by atoms with Crippen molar-refractivity contribution in [3.8, 4) is 5.75 Å². The van der Waals surface area contributed by atoms with Crippen LogP contribution in [0.2, 0.25) is 0 Å². The monoisotopic (exact) mass is 233 g/mol. The summed E-state index contributed by atoms with van der Waals surface area (Å²) in [6.07, 6.45) is 2.09. The second kappa shape index (κ2) is 5.21. The molecule has 0 spiro atoms. The topological polar surface area (TPSA) is 38.3 Å². The molecule has 1 saturated carbocycles. The van der Waals surface area contributed by atoms with Crippen LogP contribution in [-0.2, 0) is 4.79 Å². The molecular weight excluding hydrogens is 214 g/mol. The lowest BCUT2D eigenvalue weighted by Gasteiger charge is -2.14. The van der Waals surface area contributed by atoms with E-state index in [1.54, 1.807) is 0 Å². The minimum absolute atomic E-state index is 0.0683. The molecule has 1 fully saturated rings. The summed E-state index contributed by atoms with van der Waals surface area (Å²) in [4.78, 5) is 11.6. The predicted molar refractivity (Wildman–Crippen MR) is 66.9 cm³/mol. The van der Waals surface area contributed by atoms with E-state index >= 15 is 0 Å². The second-order valence-electron chi connectivity index (χ2n) is 4.51. The first-order valence-electron chi connectivity index (χ1n) is 6.24. The summed E-state index contributed by atoms with van der Waals surface area (Å²) in [5, 5.41) is 3.03. The molecule has 0 unspecified atom stereocenters. The van der Waals surface area contributed by atoms with Gasteiger partial charge in [0.25, 0.3) is 0 Å². The van der Waals surface area contributed by atoms with Gasteiger partial charge in [0.1, 0.15) is 5.75 Å². The van der Waals surface area contributed by atoms with Crippen LogP contribution in [0.4, 0.5) is 0 Å². The van der Waals surface area contributed by atoms with Crippen LogP contribution in [0.1, 0.15) is 38.3 Å². The van der Waals surface area contributed by atoms with Crippen LogP contribution in [-0.4, -0.2) is 12.5 Å². The predicted octanol–water partition coefficient (Wildman–Crippen LogP) is 2.67.